The minimum atomic E-state index is -4.92. The highest BCUT2D eigenvalue weighted by Crippen LogP contribution is 2.61. The van der Waals surface area contributed by atoms with Crippen LogP contribution in [0.5, 0.6) is 5.75 Å². The van der Waals surface area contributed by atoms with Crippen LogP contribution >= 0.6 is 7.60 Å². The fraction of sp³-hybridized carbons (Fsp3) is 0.564. The Hall–Kier alpha value is -2.95. The highest BCUT2D eigenvalue weighted by Gasteiger charge is 2.62. The van der Waals surface area contributed by atoms with Gasteiger partial charge in [0.1, 0.15) is 35.4 Å². The average molecular weight is 807 g/mol. The first-order valence-electron chi connectivity index (χ1n) is 18.5. The molecule has 3 heterocycles. The van der Waals surface area contributed by atoms with Gasteiger partial charge in [-0.3, -0.25) is 13.5 Å². The van der Waals surface area contributed by atoms with Crippen molar-refractivity contribution in [2.45, 2.75) is 108 Å². The van der Waals surface area contributed by atoms with E-state index in [-0.39, 0.29) is 32.0 Å². The molecule has 0 bridgehead atoms. The average Bonchev–Trinajstić information content (AvgIpc) is 3.76. The molecule has 3 fully saturated rings. The van der Waals surface area contributed by atoms with E-state index in [4.69, 9.17) is 46.4 Å². The Balaban J connectivity index is 1.58. The minimum Gasteiger partial charge on any atom is -0.497 e. The van der Waals surface area contributed by atoms with Crippen molar-refractivity contribution in [2.75, 3.05) is 33.5 Å². The number of hydrogen-bond acceptors (Lipinski definition) is 14. The predicted molar refractivity (Wildman–Crippen MR) is 201 cm³/mol. The highest BCUT2D eigenvalue weighted by atomic mass is 32.2. The van der Waals surface area contributed by atoms with Crippen molar-refractivity contribution in [2.24, 2.45) is 0 Å². The third kappa shape index (κ3) is 8.81. The first kappa shape index (κ1) is 41.7. The second-order valence-electron chi connectivity index (χ2n) is 14.4. The van der Waals surface area contributed by atoms with Crippen LogP contribution < -0.4 is 4.74 Å². The van der Waals surface area contributed by atoms with Crippen LogP contribution in [0.2, 0.25) is 0 Å². The summed E-state index contributed by atoms with van der Waals surface area (Å²) in [6.45, 7) is 11.4. The van der Waals surface area contributed by atoms with E-state index in [2.05, 4.69) is 0 Å². The van der Waals surface area contributed by atoms with Crippen LogP contribution in [0.3, 0.4) is 0 Å². The molecule has 3 aromatic carbocycles. The van der Waals surface area contributed by atoms with Crippen LogP contribution in [-0.2, 0) is 61.1 Å². The fourth-order valence-corrected chi connectivity index (χ4v) is 11.7. The van der Waals surface area contributed by atoms with Gasteiger partial charge in [0.05, 0.1) is 33.5 Å². The molecule has 16 heteroatoms. The number of carbonyl (C=O) groups is 1. The zero-order chi connectivity index (χ0) is 39.8. The summed E-state index contributed by atoms with van der Waals surface area (Å²) in [5.41, 5.74) is -1.24. The molecular formula is C39H51O14PS. The summed E-state index contributed by atoms with van der Waals surface area (Å²) in [6.07, 6.45) is -5.07. The first-order chi connectivity index (χ1) is 26.0. The van der Waals surface area contributed by atoms with E-state index >= 15 is 13.0 Å². The minimum absolute atomic E-state index is 0.0831. The van der Waals surface area contributed by atoms with E-state index in [0.29, 0.717) is 16.7 Å². The topological polar surface area (TPSA) is 161 Å². The van der Waals surface area contributed by atoms with E-state index in [1.165, 1.54) is 7.11 Å². The first-order valence-corrected chi connectivity index (χ1v) is 21.6. The molecule has 14 nitrogen and oxygen atoms in total. The van der Waals surface area contributed by atoms with Crippen LogP contribution in [0.15, 0.2) is 66.7 Å². The quantitative estimate of drug-likeness (QED) is 0.0864. The molecule has 0 spiro atoms. The maximum Gasteiger partial charge on any atom is 0.345 e. The normalized spacial score (nSPS) is 26.4. The van der Waals surface area contributed by atoms with E-state index in [1.54, 1.807) is 90.9 Å². The van der Waals surface area contributed by atoms with Crippen molar-refractivity contribution in [3.05, 3.63) is 77.9 Å². The Kier molecular flexibility index (Phi) is 12.5. The lowest BCUT2D eigenvalue weighted by Crippen LogP contribution is -2.46. The lowest BCUT2D eigenvalue weighted by atomic mass is 9.87. The third-order valence-electron chi connectivity index (χ3n) is 9.74. The third-order valence-corrected chi connectivity index (χ3v) is 13.9. The van der Waals surface area contributed by atoms with Gasteiger partial charge in [-0.15, -0.1) is 0 Å². The smallest absolute Gasteiger partial charge is 0.345 e. The number of esters is 1. The summed E-state index contributed by atoms with van der Waals surface area (Å²) in [6, 6.07) is 19.1. The molecule has 3 aliphatic rings. The molecule has 0 aliphatic carbocycles. The van der Waals surface area contributed by atoms with Crippen LogP contribution in [0.4, 0.5) is 0 Å². The van der Waals surface area contributed by atoms with E-state index in [0.717, 1.165) is 5.39 Å². The van der Waals surface area contributed by atoms with Gasteiger partial charge >= 0.3 is 13.6 Å². The Labute approximate surface area is 322 Å². The van der Waals surface area contributed by atoms with Gasteiger partial charge in [-0.1, -0.05) is 48.5 Å². The predicted octanol–water partition coefficient (Wildman–Crippen LogP) is 6.61. The number of benzene rings is 3. The Morgan fingerprint density at radius 3 is 2.09 bits per heavy atom. The molecule has 0 N–H and O–H groups in total. The van der Waals surface area contributed by atoms with Gasteiger partial charge in [-0.2, -0.15) is 8.42 Å². The lowest BCUT2D eigenvalue weighted by Gasteiger charge is -2.36. The second kappa shape index (κ2) is 16.5. The molecule has 0 amide bonds. The molecule has 6 rings (SSSR count). The summed E-state index contributed by atoms with van der Waals surface area (Å²) in [4.78, 5) is 14.3. The molecular weight excluding hydrogens is 755 g/mol. The van der Waals surface area contributed by atoms with Gasteiger partial charge in [-0.25, -0.2) is 0 Å². The summed E-state index contributed by atoms with van der Waals surface area (Å²) >= 11 is 0. The van der Waals surface area contributed by atoms with Crippen molar-refractivity contribution in [1.29, 1.82) is 0 Å². The van der Waals surface area contributed by atoms with E-state index < -0.39 is 82.8 Å². The molecule has 0 unspecified atom stereocenters. The highest BCUT2D eigenvalue weighted by molar-refractivity contribution is 7.87. The van der Waals surface area contributed by atoms with Gasteiger partial charge < -0.3 is 42.2 Å². The molecule has 0 saturated carbocycles. The van der Waals surface area contributed by atoms with Gasteiger partial charge in [0.2, 0.25) is 0 Å². The summed E-state index contributed by atoms with van der Waals surface area (Å²) in [7, 11) is -7.93. The zero-order valence-electron chi connectivity index (χ0n) is 32.4. The molecule has 302 valence electrons. The number of hydrogen-bond donors (Lipinski definition) is 0. The van der Waals surface area contributed by atoms with Crippen LogP contribution in [-0.4, -0.2) is 95.9 Å². The molecule has 55 heavy (non-hydrogen) atoms. The number of methoxy groups -OCH3 is 1. The monoisotopic (exact) mass is 806 g/mol. The Morgan fingerprint density at radius 2 is 1.49 bits per heavy atom. The maximum atomic E-state index is 15.5. The standard InChI is InChI=1S/C39H51O14PS/c1-9-45-36(40)34(54(41,47-10-2)48-11-3)30(25-18-20-28(44-8)21-19-25)35(27-17-16-24-14-12-13-15-26(24)22-27)55(42,43)53-32-31(29-23-46-38(4,5)50-29)49-37-33(32)51-39(6,7)52-37/h12-22,29-35,37H,9-11,23H2,1-8H3/t29-,30-,31-,32-,33-,34+,35-,37-/m1/s1. The number of ether oxygens (including phenoxy) is 7. The summed E-state index contributed by atoms with van der Waals surface area (Å²) < 4.78 is 106. The second-order valence-corrected chi connectivity index (χ2v) is 18.2. The van der Waals surface area contributed by atoms with Gasteiger partial charge in [0.25, 0.3) is 10.1 Å². The van der Waals surface area contributed by atoms with Gasteiger partial charge in [-0.05, 0) is 88.6 Å². The van der Waals surface area contributed by atoms with Crippen molar-refractivity contribution >= 4 is 34.5 Å². The summed E-state index contributed by atoms with van der Waals surface area (Å²) in [5.74, 6) is -4.08. The molecule has 3 aromatic rings. The lowest BCUT2D eigenvalue weighted by molar-refractivity contribution is -0.230. The van der Waals surface area contributed by atoms with Gasteiger partial charge in [0.15, 0.2) is 23.5 Å². The van der Waals surface area contributed by atoms with Crippen molar-refractivity contribution in [3.8, 4) is 5.75 Å². The molecule has 3 aliphatic heterocycles. The van der Waals surface area contributed by atoms with Crippen LogP contribution in [0.25, 0.3) is 10.8 Å². The summed E-state index contributed by atoms with van der Waals surface area (Å²) in [5, 5.41) is -0.164. The maximum absolute atomic E-state index is 15.5. The molecule has 3 saturated heterocycles. The molecule has 0 aromatic heterocycles. The molecule has 8 atom stereocenters. The van der Waals surface area contributed by atoms with Crippen LogP contribution in [0.1, 0.15) is 70.8 Å². The van der Waals surface area contributed by atoms with Crippen LogP contribution in [0, 0.1) is 0 Å². The zero-order valence-corrected chi connectivity index (χ0v) is 34.1. The van der Waals surface area contributed by atoms with Gasteiger partial charge in [0, 0.05) is 5.92 Å². The van der Waals surface area contributed by atoms with E-state index in [1.807, 2.05) is 24.3 Å². The number of fused-ring (bicyclic) bond motifs is 2. The molecule has 0 radical (unpaired) electrons. The number of rotatable bonds is 16. The van der Waals surface area contributed by atoms with Crippen molar-refractivity contribution < 1.29 is 64.2 Å². The fourth-order valence-electron chi connectivity index (χ4n) is 7.55. The number of carbonyl (C=O) groups excluding carboxylic acids is 1. The van der Waals surface area contributed by atoms with Crippen molar-refractivity contribution in [1.82, 2.24) is 0 Å². The van der Waals surface area contributed by atoms with Crippen molar-refractivity contribution in [3.63, 3.8) is 0 Å². The Bertz CT molecular complexity index is 1960. The largest absolute Gasteiger partial charge is 0.497 e. The Morgan fingerprint density at radius 1 is 0.836 bits per heavy atom. The SMILES string of the molecule is CCOC(=O)[C@H]([C@@H](c1ccc(OC)cc1)[C@@H](c1ccc2ccccc2c1)S(=O)(=O)O[C@H]1[C@H]2OC(C)(C)O[C@H]2O[C@@H]1[C@H]1COC(C)(C)O1)P(=O)(OCC)OCC. The van der Waals surface area contributed by atoms with E-state index in [9.17, 15) is 4.79 Å².